The number of pyridine rings is 1. The molecular weight excluding hydrogens is 392 g/mol. The smallest absolute Gasteiger partial charge is 0.258 e. The summed E-state index contributed by atoms with van der Waals surface area (Å²) in [6.07, 6.45) is 3.32. The van der Waals surface area contributed by atoms with Crippen LogP contribution in [0.4, 0.5) is 11.4 Å². The van der Waals surface area contributed by atoms with Crippen LogP contribution in [0.15, 0.2) is 39.8 Å². The Balaban J connectivity index is 2.67. The van der Waals surface area contributed by atoms with Gasteiger partial charge in [0.05, 0.1) is 12.8 Å². The van der Waals surface area contributed by atoms with Crippen LogP contribution in [0.1, 0.15) is 29.3 Å². The largest absolute Gasteiger partial charge is 0.498 e. The fraction of sp³-hybridized carbons (Fsp3) is 0.417. The van der Waals surface area contributed by atoms with Gasteiger partial charge in [0.15, 0.2) is 0 Å². The summed E-state index contributed by atoms with van der Waals surface area (Å²) in [5, 5.41) is 0. The fourth-order valence-electron chi connectivity index (χ4n) is 3.25. The Morgan fingerprint density at radius 1 is 1.19 bits per heavy atom. The van der Waals surface area contributed by atoms with Crippen LogP contribution in [-0.2, 0) is 16.0 Å². The minimum atomic E-state index is -0.271. The number of hydrogen-bond donors (Lipinski definition) is 1. The van der Waals surface area contributed by atoms with E-state index in [0.717, 1.165) is 29.1 Å². The molecule has 1 unspecified atom stereocenters. The highest BCUT2D eigenvalue weighted by Crippen LogP contribution is 2.20. The summed E-state index contributed by atoms with van der Waals surface area (Å²) in [4.78, 5) is 20.1. The standard InChI is InChI=1S/C24H34N4O3/c1-16-21(14-23(31-7)18(3)30-6)24(29)28(13-12-27(4)5)17(2)22(16)15-26-20-10-8-19(25)9-11-20/h8-11,14-15,18H,12-13,25H2,1-7H3/b23-14+,26-15?. The second-order valence-corrected chi connectivity index (χ2v) is 7.78. The summed E-state index contributed by atoms with van der Waals surface area (Å²) >= 11 is 0. The molecule has 0 saturated carbocycles. The third kappa shape index (κ3) is 6.06. The van der Waals surface area contributed by atoms with Crippen LogP contribution in [0, 0.1) is 13.8 Å². The van der Waals surface area contributed by atoms with Crippen molar-refractivity contribution in [1.82, 2.24) is 9.47 Å². The molecule has 0 aliphatic rings. The maximum Gasteiger partial charge on any atom is 0.258 e. The number of likely N-dealkylation sites (N-methyl/N-ethyl adjacent to an activating group) is 1. The maximum absolute atomic E-state index is 13.4. The SMILES string of the molecule is CO/C(=C/c1c(C)c(C=Nc2ccc(N)cc2)c(C)n(CCN(C)C)c1=O)C(C)OC. The second-order valence-electron chi connectivity index (χ2n) is 7.78. The van der Waals surface area contributed by atoms with E-state index < -0.39 is 0 Å². The lowest BCUT2D eigenvalue weighted by Crippen LogP contribution is -2.31. The van der Waals surface area contributed by atoms with Gasteiger partial charge in [0.1, 0.15) is 11.9 Å². The summed E-state index contributed by atoms with van der Waals surface area (Å²) < 4.78 is 12.7. The van der Waals surface area contributed by atoms with Gasteiger partial charge in [-0.15, -0.1) is 0 Å². The van der Waals surface area contributed by atoms with Gasteiger partial charge in [0.2, 0.25) is 0 Å². The Bertz CT molecular complexity index is 1000. The third-order valence-electron chi connectivity index (χ3n) is 5.36. The number of nitrogen functional groups attached to an aromatic ring is 1. The molecule has 1 aromatic heterocycles. The predicted molar refractivity (Wildman–Crippen MR) is 128 cm³/mol. The number of hydrogen-bond acceptors (Lipinski definition) is 6. The average Bonchev–Trinajstić information content (AvgIpc) is 2.74. The first kappa shape index (κ1) is 24.4. The molecule has 0 aliphatic carbocycles. The Morgan fingerprint density at radius 3 is 2.39 bits per heavy atom. The topological polar surface area (TPSA) is 82.1 Å². The van der Waals surface area contributed by atoms with Crippen LogP contribution >= 0.6 is 0 Å². The van der Waals surface area contributed by atoms with E-state index in [2.05, 4.69) is 9.89 Å². The van der Waals surface area contributed by atoms with Crippen molar-refractivity contribution in [2.24, 2.45) is 4.99 Å². The lowest BCUT2D eigenvalue weighted by molar-refractivity contribution is 0.0937. The van der Waals surface area contributed by atoms with Crippen LogP contribution in [0.25, 0.3) is 6.08 Å². The van der Waals surface area contributed by atoms with E-state index in [9.17, 15) is 4.79 Å². The molecule has 0 saturated heterocycles. The Kier molecular flexibility index (Phi) is 8.59. The van der Waals surface area contributed by atoms with Crippen molar-refractivity contribution >= 4 is 23.7 Å². The first-order chi connectivity index (χ1) is 14.7. The maximum atomic E-state index is 13.4. The van der Waals surface area contributed by atoms with Gasteiger partial charge in [-0.1, -0.05) is 0 Å². The molecule has 2 rings (SSSR count). The van der Waals surface area contributed by atoms with Crippen LogP contribution in [-0.4, -0.2) is 56.6 Å². The van der Waals surface area contributed by atoms with E-state index in [-0.39, 0.29) is 11.7 Å². The molecule has 1 aromatic carbocycles. The van der Waals surface area contributed by atoms with Gasteiger partial charge in [-0.25, -0.2) is 0 Å². The van der Waals surface area contributed by atoms with Crippen molar-refractivity contribution in [3.8, 4) is 0 Å². The van der Waals surface area contributed by atoms with E-state index in [4.69, 9.17) is 15.2 Å². The molecule has 0 spiro atoms. The third-order valence-corrected chi connectivity index (χ3v) is 5.36. The number of rotatable bonds is 9. The molecule has 2 aromatic rings. The van der Waals surface area contributed by atoms with E-state index in [1.54, 1.807) is 24.9 Å². The molecule has 0 aliphatic heterocycles. The number of methoxy groups -OCH3 is 2. The zero-order chi connectivity index (χ0) is 23.1. The normalized spacial score (nSPS) is 13.2. The molecule has 7 nitrogen and oxygen atoms in total. The van der Waals surface area contributed by atoms with Crippen LogP contribution in [0.2, 0.25) is 0 Å². The van der Waals surface area contributed by atoms with Crippen molar-refractivity contribution in [2.45, 2.75) is 33.4 Å². The number of nitrogens with two attached hydrogens (primary N) is 1. The fourth-order valence-corrected chi connectivity index (χ4v) is 3.25. The predicted octanol–water partition coefficient (Wildman–Crippen LogP) is 3.38. The van der Waals surface area contributed by atoms with Crippen molar-refractivity contribution < 1.29 is 9.47 Å². The number of nitrogens with zero attached hydrogens (tertiary/aromatic N) is 3. The molecule has 0 radical (unpaired) electrons. The van der Waals surface area contributed by atoms with Gasteiger partial charge < -0.3 is 24.7 Å². The zero-order valence-corrected chi connectivity index (χ0v) is 19.6. The quantitative estimate of drug-likeness (QED) is 0.378. The summed E-state index contributed by atoms with van der Waals surface area (Å²) in [6.45, 7) is 7.09. The van der Waals surface area contributed by atoms with Gasteiger partial charge >= 0.3 is 0 Å². The Hall–Kier alpha value is -2.90. The molecule has 0 bridgehead atoms. The molecule has 31 heavy (non-hydrogen) atoms. The summed E-state index contributed by atoms with van der Waals surface area (Å²) in [7, 11) is 7.17. The van der Waals surface area contributed by atoms with Crippen molar-refractivity contribution in [1.29, 1.82) is 0 Å². The first-order valence-electron chi connectivity index (χ1n) is 10.3. The van der Waals surface area contributed by atoms with E-state index >= 15 is 0 Å². The number of aromatic nitrogens is 1. The highest BCUT2D eigenvalue weighted by Gasteiger charge is 2.17. The lowest BCUT2D eigenvalue weighted by Gasteiger charge is -2.20. The minimum Gasteiger partial charge on any atom is -0.498 e. The Labute approximate surface area is 184 Å². The highest BCUT2D eigenvalue weighted by molar-refractivity contribution is 5.86. The monoisotopic (exact) mass is 426 g/mol. The molecule has 168 valence electrons. The van der Waals surface area contributed by atoms with Gasteiger partial charge in [0.25, 0.3) is 5.56 Å². The molecule has 0 fully saturated rings. The van der Waals surface area contributed by atoms with Crippen molar-refractivity contribution in [3.63, 3.8) is 0 Å². The van der Waals surface area contributed by atoms with E-state index in [1.165, 1.54) is 0 Å². The van der Waals surface area contributed by atoms with Crippen LogP contribution < -0.4 is 11.3 Å². The molecule has 1 heterocycles. The van der Waals surface area contributed by atoms with E-state index in [1.807, 2.05) is 65.3 Å². The molecule has 7 heteroatoms. The van der Waals surface area contributed by atoms with Crippen LogP contribution in [0.5, 0.6) is 0 Å². The number of anilines is 1. The summed E-state index contributed by atoms with van der Waals surface area (Å²) in [6, 6.07) is 7.36. The average molecular weight is 427 g/mol. The first-order valence-corrected chi connectivity index (χ1v) is 10.3. The molecular formula is C24H34N4O3. The lowest BCUT2D eigenvalue weighted by atomic mass is 10.0. The zero-order valence-electron chi connectivity index (χ0n) is 19.6. The number of ether oxygens (including phenoxy) is 2. The van der Waals surface area contributed by atoms with Gasteiger partial charge in [0, 0.05) is 48.9 Å². The van der Waals surface area contributed by atoms with E-state index in [0.29, 0.717) is 23.6 Å². The Morgan fingerprint density at radius 2 is 1.84 bits per heavy atom. The van der Waals surface area contributed by atoms with Gasteiger partial charge in [-0.3, -0.25) is 9.79 Å². The summed E-state index contributed by atoms with van der Waals surface area (Å²) in [5.74, 6) is 0.590. The molecule has 2 N–H and O–H groups in total. The number of benzene rings is 1. The van der Waals surface area contributed by atoms with Crippen molar-refractivity contribution in [2.75, 3.05) is 40.6 Å². The van der Waals surface area contributed by atoms with Gasteiger partial charge in [-0.05, 0) is 70.8 Å². The number of aliphatic imine (C=N–C) groups is 1. The van der Waals surface area contributed by atoms with Gasteiger partial charge in [-0.2, -0.15) is 0 Å². The highest BCUT2D eigenvalue weighted by atomic mass is 16.5. The molecule has 1 atom stereocenters. The second kappa shape index (κ2) is 10.9. The van der Waals surface area contributed by atoms with Crippen molar-refractivity contribution in [3.05, 3.63) is 62.8 Å². The summed E-state index contributed by atoms with van der Waals surface area (Å²) in [5.41, 5.74) is 10.4. The van der Waals surface area contributed by atoms with Crippen LogP contribution in [0.3, 0.4) is 0 Å². The molecule has 0 amide bonds. The minimum absolute atomic E-state index is 0.0562.